The number of fused-ring (bicyclic) bond motifs is 1. The molecule has 0 aliphatic carbocycles. The molecule has 8 heteroatoms. The van der Waals surface area contributed by atoms with Gasteiger partial charge < -0.3 is 20.3 Å². The average Bonchev–Trinajstić information content (AvgIpc) is 3.27. The van der Waals surface area contributed by atoms with E-state index in [0.717, 1.165) is 54.8 Å². The minimum absolute atomic E-state index is 0.0770. The zero-order valence-electron chi connectivity index (χ0n) is 20.7. The van der Waals surface area contributed by atoms with Crippen molar-refractivity contribution in [2.24, 2.45) is 0 Å². The van der Waals surface area contributed by atoms with E-state index in [-0.39, 0.29) is 18.0 Å². The van der Waals surface area contributed by atoms with Gasteiger partial charge in [0.25, 0.3) is 5.91 Å². The first-order valence-corrected chi connectivity index (χ1v) is 12.2. The molecule has 0 atom stereocenters. The third-order valence-corrected chi connectivity index (χ3v) is 6.28. The molecule has 1 aliphatic rings. The predicted octanol–water partition coefficient (Wildman–Crippen LogP) is 3.24. The van der Waals surface area contributed by atoms with Crippen molar-refractivity contribution in [3.63, 3.8) is 0 Å². The lowest BCUT2D eigenvalue weighted by molar-refractivity contribution is 0.0697. The summed E-state index contributed by atoms with van der Waals surface area (Å²) in [5.74, 6) is -0.0770. The Bertz CT molecular complexity index is 1120. The van der Waals surface area contributed by atoms with Gasteiger partial charge in [0.2, 0.25) is 0 Å². The number of carbonyl (C=O) groups is 1. The van der Waals surface area contributed by atoms with Gasteiger partial charge in [-0.2, -0.15) is 5.10 Å². The molecule has 4 rings (SSSR count). The molecule has 1 aromatic carbocycles. The summed E-state index contributed by atoms with van der Waals surface area (Å²) in [5, 5.41) is 11.7. The summed E-state index contributed by atoms with van der Waals surface area (Å²) in [6, 6.07) is 10.6. The van der Waals surface area contributed by atoms with E-state index < -0.39 is 0 Å². The summed E-state index contributed by atoms with van der Waals surface area (Å²) in [6.45, 7) is 8.27. The lowest BCUT2D eigenvalue weighted by Gasteiger charge is -2.23. The molecule has 34 heavy (non-hydrogen) atoms. The lowest BCUT2D eigenvalue weighted by Crippen LogP contribution is -2.39. The number of benzene rings is 1. The van der Waals surface area contributed by atoms with Crippen LogP contribution in [0.25, 0.3) is 22.3 Å². The smallest absolute Gasteiger partial charge is 0.252 e. The highest BCUT2D eigenvalue weighted by Crippen LogP contribution is 2.27. The third kappa shape index (κ3) is 5.63. The largest absolute Gasteiger partial charge is 0.381 e. The topological polar surface area (TPSA) is 84.3 Å². The molecular formula is C26H36N6O2. The number of carbonyl (C=O) groups excluding carboxylic acids is 1. The van der Waals surface area contributed by atoms with Crippen molar-refractivity contribution >= 4 is 16.9 Å². The van der Waals surface area contributed by atoms with Gasteiger partial charge in [-0.25, -0.2) is 9.67 Å². The molecule has 1 amide bonds. The van der Waals surface area contributed by atoms with E-state index >= 15 is 0 Å². The number of hydrogen-bond donors (Lipinski definition) is 2. The van der Waals surface area contributed by atoms with Crippen LogP contribution in [0.15, 0.2) is 36.5 Å². The fourth-order valence-electron chi connectivity index (χ4n) is 4.36. The number of ether oxygens (including phenoxy) is 1. The monoisotopic (exact) mass is 464 g/mol. The third-order valence-electron chi connectivity index (χ3n) is 6.28. The number of rotatable bonds is 9. The van der Waals surface area contributed by atoms with Crippen LogP contribution in [0.2, 0.25) is 0 Å². The van der Waals surface area contributed by atoms with Gasteiger partial charge in [0.1, 0.15) is 0 Å². The van der Waals surface area contributed by atoms with E-state index in [1.54, 1.807) is 6.20 Å². The van der Waals surface area contributed by atoms with E-state index in [1.807, 2.05) is 17.8 Å². The second-order valence-electron chi connectivity index (χ2n) is 9.38. The Labute approximate surface area is 201 Å². The molecule has 0 bridgehead atoms. The molecule has 0 saturated carbocycles. The molecule has 3 heterocycles. The lowest BCUT2D eigenvalue weighted by atomic mass is 10.0. The molecule has 0 radical (unpaired) electrons. The molecule has 2 N–H and O–H groups in total. The Morgan fingerprint density at radius 2 is 2.06 bits per heavy atom. The molecule has 1 saturated heterocycles. The first kappa shape index (κ1) is 24.3. The Hall–Kier alpha value is -2.81. The van der Waals surface area contributed by atoms with Crippen molar-refractivity contribution < 1.29 is 9.53 Å². The van der Waals surface area contributed by atoms with Crippen LogP contribution < -0.4 is 10.6 Å². The number of amides is 1. The van der Waals surface area contributed by atoms with Gasteiger partial charge in [0.05, 0.1) is 22.8 Å². The first-order chi connectivity index (χ1) is 16.5. The quantitative estimate of drug-likeness (QED) is 0.506. The normalized spacial score (nSPS) is 14.9. The SMILES string of the molecule is CNCCN(C)Cc1cccc(-c2cc(C(=O)NC3CCOCC3)c3cnn(C(C)C)c3n2)c1. The number of hydrogen-bond acceptors (Lipinski definition) is 6. The van der Waals surface area contributed by atoms with Gasteiger partial charge in [-0.05, 0) is 58.5 Å². The van der Waals surface area contributed by atoms with Gasteiger partial charge in [0, 0.05) is 50.5 Å². The molecular weight excluding hydrogens is 428 g/mol. The van der Waals surface area contributed by atoms with Crippen LogP contribution in [0.3, 0.4) is 0 Å². The molecule has 8 nitrogen and oxygen atoms in total. The van der Waals surface area contributed by atoms with E-state index in [2.05, 4.69) is 65.8 Å². The number of nitrogens with one attached hydrogen (secondary N) is 2. The highest BCUT2D eigenvalue weighted by atomic mass is 16.5. The summed E-state index contributed by atoms with van der Waals surface area (Å²) < 4.78 is 7.33. The maximum absolute atomic E-state index is 13.4. The highest BCUT2D eigenvalue weighted by Gasteiger charge is 2.22. The van der Waals surface area contributed by atoms with Crippen molar-refractivity contribution in [2.75, 3.05) is 40.4 Å². The molecule has 3 aromatic rings. The summed E-state index contributed by atoms with van der Waals surface area (Å²) in [7, 11) is 4.09. The zero-order valence-corrected chi connectivity index (χ0v) is 20.7. The van der Waals surface area contributed by atoms with Crippen LogP contribution in [0, 0.1) is 0 Å². The number of likely N-dealkylation sites (N-methyl/N-ethyl adjacent to an activating group) is 2. The maximum Gasteiger partial charge on any atom is 0.252 e. The Balaban J connectivity index is 1.69. The number of aromatic nitrogens is 3. The van der Waals surface area contributed by atoms with E-state index in [9.17, 15) is 4.79 Å². The van der Waals surface area contributed by atoms with E-state index in [4.69, 9.17) is 9.72 Å². The first-order valence-electron chi connectivity index (χ1n) is 12.2. The molecule has 0 spiro atoms. The second-order valence-corrected chi connectivity index (χ2v) is 9.38. The minimum Gasteiger partial charge on any atom is -0.381 e. The van der Waals surface area contributed by atoms with Crippen molar-refractivity contribution in [1.29, 1.82) is 0 Å². The summed E-state index contributed by atoms with van der Waals surface area (Å²) in [6.07, 6.45) is 3.43. The van der Waals surface area contributed by atoms with Gasteiger partial charge in [-0.1, -0.05) is 18.2 Å². The van der Waals surface area contributed by atoms with Crippen molar-refractivity contribution in [3.05, 3.63) is 47.7 Å². The number of nitrogens with zero attached hydrogens (tertiary/aromatic N) is 4. The fourth-order valence-corrected chi connectivity index (χ4v) is 4.36. The van der Waals surface area contributed by atoms with Gasteiger partial charge in [-0.3, -0.25) is 4.79 Å². The maximum atomic E-state index is 13.4. The molecule has 0 unspecified atom stereocenters. The Kier molecular flexibility index (Phi) is 7.92. The molecule has 182 valence electrons. The van der Waals surface area contributed by atoms with Gasteiger partial charge >= 0.3 is 0 Å². The summed E-state index contributed by atoms with van der Waals surface area (Å²) in [5.41, 5.74) is 4.35. The predicted molar refractivity (Wildman–Crippen MR) is 135 cm³/mol. The fraction of sp³-hybridized carbons (Fsp3) is 0.500. The minimum atomic E-state index is -0.0770. The van der Waals surface area contributed by atoms with Crippen LogP contribution in [-0.4, -0.2) is 72.0 Å². The van der Waals surface area contributed by atoms with Crippen LogP contribution >= 0.6 is 0 Å². The van der Waals surface area contributed by atoms with Crippen molar-refractivity contribution in [1.82, 2.24) is 30.3 Å². The molecule has 1 fully saturated rings. The van der Waals surface area contributed by atoms with E-state index in [1.165, 1.54) is 5.56 Å². The second kappa shape index (κ2) is 11.1. The van der Waals surface area contributed by atoms with Crippen LogP contribution in [0.4, 0.5) is 0 Å². The van der Waals surface area contributed by atoms with Gasteiger partial charge in [-0.15, -0.1) is 0 Å². The number of pyridine rings is 1. The summed E-state index contributed by atoms with van der Waals surface area (Å²) in [4.78, 5) is 20.6. The van der Waals surface area contributed by atoms with Gasteiger partial charge in [0.15, 0.2) is 5.65 Å². The summed E-state index contributed by atoms with van der Waals surface area (Å²) >= 11 is 0. The van der Waals surface area contributed by atoms with Crippen LogP contribution in [0.1, 0.15) is 48.7 Å². The standard InChI is InChI=1S/C26H36N6O2/c1-18(2)32-25-23(16-28-32)22(26(33)29-21-8-12-34-13-9-21)15-24(30-25)20-7-5-6-19(14-20)17-31(4)11-10-27-3/h5-7,14-16,18,21,27H,8-13,17H2,1-4H3,(H,29,33). The highest BCUT2D eigenvalue weighted by molar-refractivity contribution is 6.06. The molecule has 1 aliphatic heterocycles. The average molecular weight is 465 g/mol. The molecule has 2 aromatic heterocycles. The van der Waals surface area contributed by atoms with Crippen LogP contribution in [0.5, 0.6) is 0 Å². The van der Waals surface area contributed by atoms with Crippen molar-refractivity contribution in [2.45, 2.75) is 45.3 Å². The Morgan fingerprint density at radius 1 is 1.26 bits per heavy atom. The zero-order chi connectivity index (χ0) is 24.1. The van der Waals surface area contributed by atoms with Crippen LogP contribution in [-0.2, 0) is 11.3 Å². The van der Waals surface area contributed by atoms with Crippen molar-refractivity contribution in [3.8, 4) is 11.3 Å². The Morgan fingerprint density at radius 3 is 2.79 bits per heavy atom. The van der Waals surface area contributed by atoms with E-state index in [0.29, 0.717) is 18.8 Å².